The second-order valence-electron chi connectivity index (χ2n) is 3.50. The number of halogens is 2. The number of furan rings is 1. The highest BCUT2D eigenvalue weighted by atomic mass is 79.9. The molecule has 1 unspecified atom stereocenters. The summed E-state index contributed by atoms with van der Waals surface area (Å²) in [5.41, 5.74) is 6.06. The van der Waals surface area contributed by atoms with E-state index in [0.717, 1.165) is 20.5 Å². The highest BCUT2D eigenvalue weighted by molar-refractivity contribution is 9.10. The number of rotatable bonds is 4. The van der Waals surface area contributed by atoms with E-state index in [2.05, 4.69) is 44.0 Å². The summed E-state index contributed by atoms with van der Waals surface area (Å²) in [6.45, 7) is 0. The van der Waals surface area contributed by atoms with Crippen molar-refractivity contribution >= 4 is 43.6 Å². The molecule has 2 nitrogen and oxygen atoms in total. The first kappa shape index (κ1) is 13.2. The van der Waals surface area contributed by atoms with Crippen LogP contribution >= 0.6 is 43.6 Å². The monoisotopic (exact) mass is 375 g/mol. The molecule has 1 heterocycles. The summed E-state index contributed by atoms with van der Waals surface area (Å²) in [5.74, 6) is 1.59. The quantitative estimate of drug-likeness (QED) is 0.792. The van der Waals surface area contributed by atoms with E-state index in [1.807, 2.05) is 18.2 Å². The van der Waals surface area contributed by atoms with Crippen molar-refractivity contribution in [3.05, 3.63) is 51.3 Å². The maximum Gasteiger partial charge on any atom is 0.135 e. The van der Waals surface area contributed by atoms with Crippen LogP contribution in [0.1, 0.15) is 11.8 Å². The van der Waals surface area contributed by atoms with Crippen molar-refractivity contribution in [3.63, 3.8) is 0 Å². The van der Waals surface area contributed by atoms with E-state index >= 15 is 0 Å². The molecule has 0 amide bonds. The van der Waals surface area contributed by atoms with Gasteiger partial charge in [0.15, 0.2) is 0 Å². The average molecular weight is 377 g/mol. The van der Waals surface area contributed by atoms with Gasteiger partial charge in [0.25, 0.3) is 0 Å². The second-order valence-corrected chi connectivity index (χ2v) is 6.37. The van der Waals surface area contributed by atoms with Gasteiger partial charge in [0, 0.05) is 15.1 Å². The Bertz CT molecular complexity index is 484. The number of thioether (sulfide) groups is 1. The van der Waals surface area contributed by atoms with Crippen molar-refractivity contribution in [2.75, 3.05) is 5.75 Å². The molecule has 0 bridgehead atoms. The molecule has 0 aliphatic rings. The van der Waals surface area contributed by atoms with Crippen molar-refractivity contribution in [1.29, 1.82) is 0 Å². The molecule has 2 aromatic rings. The van der Waals surface area contributed by atoms with Gasteiger partial charge in [-0.15, -0.1) is 11.8 Å². The Morgan fingerprint density at radius 1 is 1.18 bits per heavy atom. The Morgan fingerprint density at radius 2 is 1.88 bits per heavy atom. The molecule has 1 aromatic heterocycles. The van der Waals surface area contributed by atoms with Crippen molar-refractivity contribution in [3.8, 4) is 0 Å². The molecule has 90 valence electrons. The third-order valence-electron chi connectivity index (χ3n) is 2.22. The van der Waals surface area contributed by atoms with Crippen molar-refractivity contribution in [1.82, 2.24) is 0 Å². The summed E-state index contributed by atoms with van der Waals surface area (Å²) in [6, 6.07) is 9.94. The molecule has 0 fully saturated rings. The van der Waals surface area contributed by atoms with Gasteiger partial charge >= 0.3 is 0 Å². The van der Waals surface area contributed by atoms with E-state index in [1.165, 1.54) is 4.90 Å². The first-order valence-corrected chi connectivity index (χ1v) is 7.61. The van der Waals surface area contributed by atoms with E-state index < -0.39 is 0 Å². The molecule has 1 aromatic carbocycles. The molecule has 0 saturated carbocycles. The third kappa shape index (κ3) is 3.61. The van der Waals surface area contributed by atoms with Gasteiger partial charge in [-0.1, -0.05) is 15.9 Å². The fourth-order valence-corrected chi connectivity index (χ4v) is 2.97. The number of hydrogen-bond acceptors (Lipinski definition) is 3. The van der Waals surface area contributed by atoms with E-state index in [9.17, 15) is 0 Å². The minimum atomic E-state index is -0.104. The zero-order chi connectivity index (χ0) is 12.3. The van der Waals surface area contributed by atoms with Gasteiger partial charge in [0.1, 0.15) is 5.76 Å². The molecule has 0 radical (unpaired) electrons. The standard InChI is InChI=1S/C12H11Br2NOS/c13-8-1-3-9(4-2-8)17-7-11(15)12-10(14)5-6-16-12/h1-6,11H,7,15H2. The third-order valence-corrected chi connectivity index (χ3v) is 4.54. The zero-order valence-corrected chi connectivity index (χ0v) is 12.9. The molecule has 2 rings (SSSR count). The lowest BCUT2D eigenvalue weighted by Gasteiger charge is -2.09. The summed E-state index contributed by atoms with van der Waals surface area (Å²) in [7, 11) is 0. The van der Waals surface area contributed by atoms with Crippen LogP contribution in [0.4, 0.5) is 0 Å². The molecule has 1 atom stereocenters. The van der Waals surface area contributed by atoms with Crippen LogP contribution in [0, 0.1) is 0 Å². The van der Waals surface area contributed by atoms with E-state index in [1.54, 1.807) is 18.0 Å². The fraction of sp³-hybridized carbons (Fsp3) is 0.167. The van der Waals surface area contributed by atoms with Gasteiger partial charge in [0.05, 0.1) is 16.8 Å². The van der Waals surface area contributed by atoms with Gasteiger partial charge < -0.3 is 10.2 Å². The lowest BCUT2D eigenvalue weighted by Crippen LogP contribution is -2.12. The first-order valence-electron chi connectivity index (χ1n) is 5.03. The highest BCUT2D eigenvalue weighted by Gasteiger charge is 2.13. The van der Waals surface area contributed by atoms with Gasteiger partial charge in [-0.2, -0.15) is 0 Å². The second kappa shape index (κ2) is 6.09. The Kier molecular flexibility index (Phi) is 4.73. The molecule has 0 saturated heterocycles. The largest absolute Gasteiger partial charge is 0.466 e. The summed E-state index contributed by atoms with van der Waals surface area (Å²) in [6.07, 6.45) is 1.64. The Labute approximate surface area is 121 Å². The zero-order valence-electron chi connectivity index (χ0n) is 8.90. The molecule has 0 aliphatic carbocycles. The van der Waals surface area contributed by atoms with E-state index in [4.69, 9.17) is 10.2 Å². The Hall–Kier alpha value is -0.230. The predicted molar refractivity (Wildman–Crippen MR) is 78.2 cm³/mol. The number of nitrogens with two attached hydrogens (primary N) is 1. The molecule has 2 N–H and O–H groups in total. The highest BCUT2D eigenvalue weighted by Crippen LogP contribution is 2.28. The summed E-state index contributed by atoms with van der Waals surface area (Å²) >= 11 is 8.54. The lowest BCUT2D eigenvalue weighted by atomic mass is 10.3. The molecule has 17 heavy (non-hydrogen) atoms. The smallest absolute Gasteiger partial charge is 0.135 e. The lowest BCUT2D eigenvalue weighted by molar-refractivity contribution is 0.480. The molecule has 5 heteroatoms. The van der Waals surface area contributed by atoms with Crippen LogP contribution in [-0.2, 0) is 0 Å². The maximum absolute atomic E-state index is 6.06. The average Bonchev–Trinajstić information content (AvgIpc) is 2.74. The van der Waals surface area contributed by atoms with Crippen molar-refractivity contribution in [2.45, 2.75) is 10.9 Å². The van der Waals surface area contributed by atoms with Gasteiger partial charge in [0.2, 0.25) is 0 Å². The van der Waals surface area contributed by atoms with E-state index in [0.29, 0.717) is 0 Å². The summed E-state index contributed by atoms with van der Waals surface area (Å²) < 4.78 is 7.36. The Morgan fingerprint density at radius 3 is 2.47 bits per heavy atom. The van der Waals surface area contributed by atoms with Crippen LogP contribution < -0.4 is 5.73 Å². The maximum atomic E-state index is 6.06. The van der Waals surface area contributed by atoms with Crippen LogP contribution in [0.15, 0.2) is 54.9 Å². The molecule has 0 spiro atoms. The number of hydrogen-bond donors (Lipinski definition) is 1. The first-order chi connectivity index (χ1) is 8.16. The van der Waals surface area contributed by atoms with Crippen LogP contribution in [0.25, 0.3) is 0 Å². The molecule has 0 aliphatic heterocycles. The van der Waals surface area contributed by atoms with Crippen LogP contribution in [0.3, 0.4) is 0 Å². The topological polar surface area (TPSA) is 39.2 Å². The minimum Gasteiger partial charge on any atom is -0.466 e. The van der Waals surface area contributed by atoms with Crippen molar-refractivity contribution < 1.29 is 4.42 Å². The van der Waals surface area contributed by atoms with Crippen LogP contribution in [0.5, 0.6) is 0 Å². The predicted octanol–water partition coefficient (Wildman–Crippen LogP) is 4.60. The minimum absolute atomic E-state index is 0.104. The SMILES string of the molecule is NC(CSc1ccc(Br)cc1)c1occc1Br. The summed E-state index contributed by atoms with van der Waals surface area (Å²) in [5, 5.41) is 0. The Balaban J connectivity index is 1.94. The van der Waals surface area contributed by atoms with Gasteiger partial charge in [-0.05, 0) is 46.3 Å². The van der Waals surface area contributed by atoms with Crippen LogP contribution in [-0.4, -0.2) is 5.75 Å². The fourth-order valence-electron chi connectivity index (χ4n) is 1.36. The summed E-state index contributed by atoms with van der Waals surface area (Å²) in [4.78, 5) is 1.20. The van der Waals surface area contributed by atoms with Crippen molar-refractivity contribution in [2.24, 2.45) is 5.73 Å². The number of benzene rings is 1. The van der Waals surface area contributed by atoms with Gasteiger partial charge in [-0.25, -0.2) is 0 Å². The molecular formula is C12H11Br2NOS. The van der Waals surface area contributed by atoms with Crippen LogP contribution in [0.2, 0.25) is 0 Å². The normalized spacial score (nSPS) is 12.6. The van der Waals surface area contributed by atoms with Gasteiger partial charge in [-0.3, -0.25) is 0 Å². The van der Waals surface area contributed by atoms with E-state index in [-0.39, 0.29) is 6.04 Å². The molecular weight excluding hydrogens is 366 g/mol.